The molecule has 55 heavy (non-hydrogen) atoms. The van der Waals surface area contributed by atoms with Gasteiger partial charge in [-0.1, -0.05) is 167 Å². The van der Waals surface area contributed by atoms with Gasteiger partial charge in [-0.2, -0.15) is 0 Å². The molecule has 2 aromatic carbocycles. The third-order valence-electron chi connectivity index (χ3n) is 9.73. The standard InChI is InChI=1S/C22H24.C13H20N2.C12H14.3C2H6/c1-4-15-13-14-16-9-8-12-19-21(16)20(15)17-10-6-5-7-11-18(17)22(19,2)3;1-2-3-4-5-6-11-15-13-9-7-12(14)8-10-13;1-2-3-4-6-9-12-10-7-5-8-11-12;3*1-2/h6-14,19,21H,4-5H2,1-3H3;2,7-10,15H,1,3-6,11,14H2;3,5-8,10-11H,2,9H2,1H3;3*1-2H3. The maximum Gasteiger partial charge on any atom is 0.0341 e. The first kappa shape index (κ1) is 48.5. The molecule has 0 spiro atoms. The van der Waals surface area contributed by atoms with Gasteiger partial charge < -0.3 is 11.1 Å². The van der Waals surface area contributed by atoms with Crippen molar-refractivity contribution in [2.45, 2.75) is 121 Å². The first-order valence-corrected chi connectivity index (χ1v) is 21.4. The van der Waals surface area contributed by atoms with Crippen LogP contribution < -0.4 is 11.1 Å². The normalized spacial score (nSPS) is 17.3. The summed E-state index contributed by atoms with van der Waals surface area (Å²) in [5, 5.41) is 3.37. The highest BCUT2D eigenvalue weighted by molar-refractivity contribution is 5.64. The van der Waals surface area contributed by atoms with Gasteiger partial charge in [0.1, 0.15) is 0 Å². The zero-order chi connectivity index (χ0) is 40.9. The molecule has 4 aliphatic carbocycles. The van der Waals surface area contributed by atoms with E-state index in [4.69, 9.17) is 5.73 Å². The molecule has 3 N–H and O–H groups in total. The van der Waals surface area contributed by atoms with E-state index in [1.807, 2.05) is 84.0 Å². The van der Waals surface area contributed by atoms with Gasteiger partial charge in [-0.15, -0.1) is 12.3 Å². The Kier molecular flexibility index (Phi) is 25.4. The fraction of sp³-hybridized carbons (Fsp3) is 0.415. The fourth-order valence-corrected chi connectivity index (χ4v) is 7.03. The van der Waals surface area contributed by atoms with Crippen molar-refractivity contribution in [1.82, 2.24) is 0 Å². The van der Waals surface area contributed by atoms with Crippen LogP contribution in [-0.4, -0.2) is 6.54 Å². The Morgan fingerprint density at radius 2 is 1.53 bits per heavy atom. The van der Waals surface area contributed by atoms with Crippen molar-refractivity contribution in [3.05, 3.63) is 173 Å². The van der Waals surface area contributed by atoms with Crippen molar-refractivity contribution < 1.29 is 0 Å². The van der Waals surface area contributed by atoms with Crippen LogP contribution in [0, 0.1) is 17.3 Å². The Bertz CT molecular complexity index is 1640. The van der Waals surface area contributed by atoms with E-state index in [9.17, 15) is 0 Å². The van der Waals surface area contributed by atoms with Crippen LogP contribution in [-0.2, 0) is 6.42 Å². The van der Waals surface area contributed by atoms with Gasteiger partial charge in [0.05, 0.1) is 0 Å². The van der Waals surface area contributed by atoms with Gasteiger partial charge in [0.25, 0.3) is 0 Å². The summed E-state index contributed by atoms with van der Waals surface area (Å²) in [6, 6.07) is 18.3. The van der Waals surface area contributed by atoms with Crippen molar-refractivity contribution in [1.29, 1.82) is 0 Å². The summed E-state index contributed by atoms with van der Waals surface area (Å²) in [7, 11) is 0. The maximum absolute atomic E-state index is 5.60. The smallest absolute Gasteiger partial charge is 0.0341 e. The number of nitrogens with one attached hydrogen (secondary N) is 1. The van der Waals surface area contributed by atoms with E-state index in [1.54, 1.807) is 5.57 Å². The average Bonchev–Trinajstić information content (AvgIpc) is 3.51. The highest BCUT2D eigenvalue weighted by Crippen LogP contribution is 2.57. The molecule has 0 bridgehead atoms. The molecule has 0 fully saturated rings. The second-order valence-electron chi connectivity index (χ2n) is 13.6. The van der Waals surface area contributed by atoms with Crippen LogP contribution in [0.5, 0.6) is 0 Å². The summed E-state index contributed by atoms with van der Waals surface area (Å²) in [6.45, 7) is 26.0. The number of anilines is 2. The van der Waals surface area contributed by atoms with Crippen molar-refractivity contribution in [3.8, 4) is 0 Å². The van der Waals surface area contributed by atoms with Crippen molar-refractivity contribution >= 4 is 11.4 Å². The van der Waals surface area contributed by atoms with Crippen molar-refractivity contribution in [3.63, 3.8) is 0 Å². The molecule has 0 saturated carbocycles. The summed E-state index contributed by atoms with van der Waals surface area (Å²) in [6.07, 6.45) is 36.2. The predicted molar refractivity (Wildman–Crippen MR) is 250 cm³/mol. The quantitative estimate of drug-likeness (QED) is 0.104. The molecule has 0 radical (unpaired) electrons. The van der Waals surface area contributed by atoms with Crippen LogP contribution in [0.3, 0.4) is 0 Å². The second kappa shape index (κ2) is 28.9. The second-order valence-corrected chi connectivity index (χ2v) is 13.6. The summed E-state index contributed by atoms with van der Waals surface area (Å²) in [4.78, 5) is 0. The highest BCUT2D eigenvalue weighted by Gasteiger charge is 2.46. The third-order valence-corrected chi connectivity index (χ3v) is 9.73. The number of nitrogen functional groups attached to an aromatic ring is 1. The van der Waals surface area contributed by atoms with Crippen molar-refractivity contribution in [2.75, 3.05) is 17.6 Å². The number of rotatable bonds is 11. The summed E-state index contributed by atoms with van der Waals surface area (Å²) < 4.78 is 0. The minimum Gasteiger partial charge on any atom is -0.399 e. The lowest BCUT2D eigenvalue weighted by atomic mass is 9.54. The summed E-state index contributed by atoms with van der Waals surface area (Å²) >= 11 is 0. The summed E-state index contributed by atoms with van der Waals surface area (Å²) in [5.74, 6) is 1.10. The number of allylic oxidation sites excluding steroid dienone is 16. The molecular formula is C53H76N2. The Hall–Kier alpha value is -4.52. The Morgan fingerprint density at radius 3 is 2.18 bits per heavy atom. The molecule has 2 heteroatoms. The minimum atomic E-state index is 0.175. The van der Waals surface area contributed by atoms with E-state index < -0.39 is 0 Å². The van der Waals surface area contributed by atoms with E-state index in [0.29, 0.717) is 11.8 Å². The minimum absolute atomic E-state index is 0.175. The fourth-order valence-electron chi connectivity index (χ4n) is 7.03. The van der Waals surface area contributed by atoms with Crippen LogP contribution in [0.2, 0.25) is 0 Å². The number of hydrogen-bond acceptors (Lipinski definition) is 2. The van der Waals surface area contributed by atoms with E-state index >= 15 is 0 Å². The molecule has 0 heterocycles. The van der Waals surface area contributed by atoms with Crippen LogP contribution >= 0.6 is 0 Å². The molecule has 0 aliphatic heterocycles. The molecular weight excluding hydrogens is 665 g/mol. The Balaban J connectivity index is 0.000000404. The zero-order valence-electron chi connectivity index (χ0n) is 36.4. The molecule has 0 aromatic heterocycles. The van der Waals surface area contributed by atoms with Gasteiger partial charge in [0.15, 0.2) is 0 Å². The van der Waals surface area contributed by atoms with Gasteiger partial charge in [-0.25, -0.2) is 0 Å². The topological polar surface area (TPSA) is 38.0 Å². The number of benzene rings is 2. The molecule has 298 valence electrons. The molecule has 2 nitrogen and oxygen atoms in total. The molecule has 0 saturated heterocycles. The monoisotopic (exact) mass is 741 g/mol. The van der Waals surface area contributed by atoms with Gasteiger partial charge in [-0.3, -0.25) is 0 Å². The molecule has 4 aliphatic rings. The third kappa shape index (κ3) is 15.6. The lowest BCUT2D eigenvalue weighted by Crippen LogP contribution is -2.39. The Morgan fingerprint density at radius 1 is 0.836 bits per heavy atom. The number of nitrogens with two attached hydrogens (primary N) is 1. The van der Waals surface area contributed by atoms with Crippen LogP contribution in [0.1, 0.15) is 120 Å². The lowest BCUT2D eigenvalue weighted by molar-refractivity contribution is 0.261. The van der Waals surface area contributed by atoms with E-state index in [-0.39, 0.29) is 5.41 Å². The maximum atomic E-state index is 5.60. The molecule has 6 rings (SSSR count). The first-order chi connectivity index (χ1) is 26.9. The Labute approximate surface area is 338 Å². The van der Waals surface area contributed by atoms with Gasteiger partial charge >= 0.3 is 0 Å². The highest BCUT2D eigenvalue weighted by atomic mass is 14.9. The molecule has 0 amide bonds. The molecule has 2 unspecified atom stereocenters. The zero-order valence-corrected chi connectivity index (χ0v) is 36.4. The van der Waals surface area contributed by atoms with Crippen molar-refractivity contribution in [2.24, 2.45) is 17.3 Å². The first-order valence-electron chi connectivity index (χ1n) is 21.4. The van der Waals surface area contributed by atoms with E-state index in [1.165, 1.54) is 47.1 Å². The lowest BCUT2D eigenvalue weighted by Gasteiger charge is -2.49. The number of unbranched alkanes of at least 4 members (excludes halogenated alkanes) is 3. The van der Waals surface area contributed by atoms with Crippen LogP contribution in [0.15, 0.2) is 168 Å². The molecule has 2 atom stereocenters. The summed E-state index contributed by atoms with van der Waals surface area (Å²) in [5.41, 5.74) is 19.8. The van der Waals surface area contributed by atoms with Crippen LogP contribution in [0.25, 0.3) is 0 Å². The number of fused-ring (bicyclic) bond motifs is 1. The molecule has 2 aromatic rings. The van der Waals surface area contributed by atoms with Gasteiger partial charge in [-0.05, 0) is 126 Å². The SMILES string of the molecule is C=CCCCCCNc1ccc(N)cc1.CC.CC.CC.CCC1=C2C3=C(C=CCC=C3)C(C)(C)C3C=CC=C(C=C1)C23.CCC=C=CCc1ccccc1. The number of hydrogen-bond donors (Lipinski definition) is 2. The van der Waals surface area contributed by atoms with E-state index in [0.717, 1.165) is 50.0 Å². The largest absolute Gasteiger partial charge is 0.399 e. The van der Waals surface area contributed by atoms with Crippen LogP contribution in [0.4, 0.5) is 11.4 Å². The van der Waals surface area contributed by atoms with Gasteiger partial charge in [0, 0.05) is 23.8 Å². The predicted octanol–water partition coefficient (Wildman–Crippen LogP) is 15.7. The van der Waals surface area contributed by atoms with E-state index in [2.05, 4.69) is 130 Å². The van der Waals surface area contributed by atoms with Gasteiger partial charge in [0.2, 0.25) is 0 Å². The average molecular weight is 741 g/mol.